The van der Waals surface area contributed by atoms with E-state index in [1.807, 2.05) is 60.7 Å². The molecule has 0 aliphatic rings. The van der Waals surface area contributed by atoms with E-state index in [0.717, 1.165) is 11.4 Å². The summed E-state index contributed by atoms with van der Waals surface area (Å²) in [6.07, 6.45) is 1.32. The Labute approximate surface area is 173 Å². The van der Waals surface area contributed by atoms with E-state index in [2.05, 4.69) is 16.0 Å². The molecule has 0 atom stereocenters. The van der Waals surface area contributed by atoms with Crippen LogP contribution in [0.2, 0.25) is 0 Å². The molecule has 3 rings (SSSR count). The summed E-state index contributed by atoms with van der Waals surface area (Å²) in [5.74, 6) is -1.66. The number of para-hydroxylation sites is 1. The van der Waals surface area contributed by atoms with Crippen LogP contribution in [0.3, 0.4) is 0 Å². The van der Waals surface area contributed by atoms with Gasteiger partial charge in [0.2, 0.25) is 0 Å². The van der Waals surface area contributed by atoms with Gasteiger partial charge in [-0.15, -0.1) is 0 Å². The summed E-state index contributed by atoms with van der Waals surface area (Å²) in [5.41, 5.74) is 2.96. The van der Waals surface area contributed by atoms with Crippen LogP contribution in [0.4, 0.5) is 22.7 Å². The summed E-state index contributed by atoms with van der Waals surface area (Å²) < 4.78 is 0. The van der Waals surface area contributed by atoms with Crippen molar-refractivity contribution in [2.45, 2.75) is 0 Å². The fraction of sp³-hybridized carbons (Fsp3) is 0. The minimum Gasteiger partial charge on any atom is -0.478 e. The van der Waals surface area contributed by atoms with Gasteiger partial charge in [0, 0.05) is 28.9 Å². The van der Waals surface area contributed by atoms with Gasteiger partial charge in [-0.3, -0.25) is 4.79 Å². The largest absolute Gasteiger partial charge is 0.478 e. The van der Waals surface area contributed by atoms with E-state index in [4.69, 9.17) is 5.11 Å². The van der Waals surface area contributed by atoms with Crippen LogP contribution in [-0.4, -0.2) is 17.0 Å². The SMILES string of the molecule is N#C/C(=C/Nc1ccc(Nc2ccccc2)cc1)C(=O)Nc1ccc(C(=O)O)cc1. The lowest BCUT2D eigenvalue weighted by atomic mass is 10.2. The molecular weight excluding hydrogens is 380 g/mol. The van der Waals surface area contributed by atoms with Crippen LogP contribution >= 0.6 is 0 Å². The highest BCUT2D eigenvalue weighted by atomic mass is 16.4. The van der Waals surface area contributed by atoms with Crippen LogP contribution < -0.4 is 16.0 Å². The lowest BCUT2D eigenvalue weighted by Gasteiger charge is -2.08. The number of amides is 1. The zero-order chi connectivity index (χ0) is 21.3. The first-order valence-corrected chi connectivity index (χ1v) is 8.99. The van der Waals surface area contributed by atoms with Gasteiger partial charge in [-0.25, -0.2) is 4.79 Å². The molecule has 4 N–H and O–H groups in total. The Morgan fingerprint density at radius 3 is 1.97 bits per heavy atom. The quantitative estimate of drug-likeness (QED) is 0.342. The highest BCUT2D eigenvalue weighted by molar-refractivity contribution is 6.06. The number of carboxylic acid groups (broad SMARTS) is 1. The highest BCUT2D eigenvalue weighted by Crippen LogP contribution is 2.19. The van der Waals surface area contributed by atoms with Gasteiger partial charge in [-0.1, -0.05) is 18.2 Å². The number of hydrogen-bond donors (Lipinski definition) is 4. The third-order valence-electron chi connectivity index (χ3n) is 4.09. The number of hydrogen-bond acceptors (Lipinski definition) is 5. The molecule has 0 spiro atoms. The number of carbonyl (C=O) groups is 2. The number of aromatic carboxylic acids is 1. The Morgan fingerprint density at radius 2 is 1.37 bits per heavy atom. The topological polar surface area (TPSA) is 114 Å². The second kappa shape index (κ2) is 9.57. The smallest absolute Gasteiger partial charge is 0.335 e. The van der Waals surface area contributed by atoms with Gasteiger partial charge in [0.1, 0.15) is 11.6 Å². The Balaban J connectivity index is 1.61. The van der Waals surface area contributed by atoms with Crippen molar-refractivity contribution in [3.05, 3.63) is 96.2 Å². The van der Waals surface area contributed by atoms with E-state index in [0.29, 0.717) is 11.4 Å². The molecule has 1 amide bonds. The molecule has 3 aromatic rings. The van der Waals surface area contributed by atoms with Crippen molar-refractivity contribution in [3.63, 3.8) is 0 Å². The van der Waals surface area contributed by atoms with Crippen molar-refractivity contribution >= 4 is 34.6 Å². The first-order valence-electron chi connectivity index (χ1n) is 8.99. The molecule has 148 valence electrons. The monoisotopic (exact) mass is 398 g/mol. The van der Waals surface area contributed by atoms with Crippen molar-refractivity contribution < 1.29 is 14.7 Å². The predicted molar refractivity (Wildman–Crippen MR) is 116 cm³/mol. The van der Waals surface area contributed by atoms with Gasteiger partial charge in [0.25, 0.3) is 5.91 Å². The van der Waals surface area contributed by atoms with Gasteiger partial charge in [0.05, 0.1) is 5.56 Å². The van der Waals surface area contributed by atoms with Gasteiger partial charge in [-0.2, -0.15) is 5.26 Å². The first kappa shape index (κ1) is 20.2. The van der Waals surface area contributed by atoms with Crippen molar-refractivity contribution in [1.82, 2.24) is 0 Å². The number of anilines is 4. The molecule has 0 unspecified atom stereocenters. The van der Waals surface area contributed by atoms with Gasteiger partial charge < -0.3 is 21.1 Å². The fourth-order valence-corrected chi connectivity index (χ4v) is 2.54. The highest BCUT2D eigenvalue weighted by Gasteiger charge is 2.10. The predicted octanol–water partition coefficient (Wildman–Crippen LogP) is 4.59. The van der Waals surface area contributed by atoms with Crippen LogP contribution in [0.15, 0.2) is 90.6 Å². The van der Waals surface area contributed by atoms with E-state index < -0.39 is 11.9 Å². The lowest BCUT2D eigenvalue weighted by molar-refractivity contribution is -0.112. The van der Waals surface area contributed by atoms with Crippen molar-refractivity contribution in [3.8, 4) is 6.07 Å². The molecule has 7 nitrogen and oxygen atoms in total. The zero-order valence-corrected chi connectivity index (χ0v) is 15.8. The van der Waals surface area contributed by atoms with Gasteiger partial charge in [-0.05, 0) is 60.7 Å². The normalized spacial score (nSPS) is 10.6. The van der Waals surface area contributed by atoms with Crippen molar-refractivity contribution in [2.75, 3.05) is 16.0 Å². The summed E-state index contributed by atoms with van der Waals surface area (Å²) in [4.78, 5) is 23.1. The second-order valence-corrected chi connectivity index (χ2v) is 6.22. The number of nitrogens with zero attached hydrogens (tertiary/aromatic N) is 1. The molecule has 0 aliphatic heterocycles. The average molecular weight is 398 g/mol. The molecule has 0 heterocycles. The second-order valence-electron chi connectivity index (χ2n) is 6.22. The number of rotatable bonds is 7. The summed E-state index contributed by atoms with van der Waals surface area (Å²) >= 11 is 0. The maximum atomic E-state index is 12.3. The summed E-state index contributed by atoms with van der Waals surface area (Å²) in [5, 5.41) is 26.9. The van der Waals surface area contributed by atoms with Crippen LogP contribution in [0.5, 0.6) is 0 Å². The van der Waals surface area contributed by atoms with E-state index in [1.54, 1.807) is 0 Å². The number of benzene rings is 3. The summed E-state index contributed by atoms with van der Waals surface area (Å²) in [6, 6.07) is 24.6. The number of carboxylic acids is 1. The Hall–Kier alpha value is -4.57. The number of carbonyl (C=O) groups excluding carboxylic acids is 1. The molecule has 0 saturated carbocycles. The molecule has 30 heavy (non-hydrogen) atoms. The third-order valence-corrected chi connectivity index (χ3v) is 4.09. The fourth-order valence-electron chi connectivity index (χ4n) is 2.54. The molecule has 3 aromatic carbocycles. The molecule has 0 saturated heterocycles. The van der Waals surface area contributed by atoms with Crippen LogP contribution in [-0.2, 0) is 4.79 Å². The molecule has 0 bridgehead atoms. The number of nitriles is 1. The van der Waals surface area contributed by atoms with Crippen LogP contribution in [0.1, 0.15) is 10.4 Å². The number of nitrogens with one attached hydrogen (secondary N) is 3. The lowest BCUT2D eigenvalue weighted by Crippen LogP contribution is -2.14. The molecule has 7 heteroatoms. The average Bonchev–Trinajstić information content (AvgIpc) is 2.76. The Morgan fingerprint density at radius 1 is 0.800 bits per heavy atom. The van der Waals surface area contributed by atoms with E-state index in [9.17, 15) is 14.9 Å². The third kappa shape index (κ3) is 5.47. The van der Waals surface area contributed by atoms with Crippen molar-refractivity contribution in [2.24, 2.45) is 0 Å². The van der Waals surface area contributed by atoms with E-state index >= 15 is 0 Å². The van der Waals surface area contributed by atoms with Crippen LogP contribution in [0.25, 0.3) is 0 Å². The summed E-state index contributed by atoms with van der Waals surface area (Å²) in [6.45, 7) is 0. The summed E-state index contributed by atoms with van der Waals surface area (Å²) in [7, 11) is 0. The molecule has 0 aromatic heterocycles. The Bertz CT molecular complexity index is 1100. The minimum atomic E-state index is -1.06. The molecule has 0 fully saturated rings. The van der Waals surface area contributed by atoms with E-state index in [1.165, 1.54) is 30.5 Å². The van der Waals surface area contributed by atoms with Crippen molar-refractivity contribution in [1.29, 1.82) is 5.26 Å². The molecule has 0 radical (unpaired) electrons. The minimum absolute atomic E-state index is 0.107. The van der Waals surface area contributed by atoms with Gasteiger partial charge >= 0.3 is 5.97 Å². The van der Waals surface area contributed by atoms with E-state index in [-0.39, 0.29) is 11.1 Å². The first-order chi connectivity index (χ1) is 14.5. The Kier molecular flexibility index (Phi) is 6.44. The maximum Gasteiger partial charge on any atom is 0.335 e. The van der Waals surface area contributed by atoms with Crippen LogP contribution in [0, 0.1) is 11.3 Å². The zero-order valence-electron chi connectivity index (χ0n) is 15.8. The maximum absolute atomic E-state index is 12.3. The standard InChI is InChI=1S/C23H18N4O3/c24-14-17(22(28)27-21-8-6-16(7-9-21)23(29)30)15-25-18-10-12-20(13-11-18)26-19-4-2-1-3-5-19/h1-13,15,25-26H,(H,27,28)(H,29,30)/b17-15-. The molecular formula is C23H18N4O3. The van der Waals surface area contributed by atoms with Gasteiger partial charge in [0.15, 0.2) is 0 Å². The molecule has 0 aliphatic carbocycles.